The van der Waals surface area contributed by atoms with Crippen LogP contribution < -0.4 is 5.32 Å². The number of nitrogens with one attached hydrogen (secondary N) is 2. The Morgan fingerprint density at radius 2 is 2.25 bits per heavy atom. The van der Waals surface area contributed by atoms with Crippen LogP contribution in [0.4, 0.5) is 0 Å². The summed E-state index contributed by atoms with van der Waals surface area (Å²) in [6, 6.07) is 10.4. The predicted molar refractivity (Wildman–Crippen MR) is 83.7 cm³/mol. The minimum Gasteiger partial charge on any atom is -0.333 e. The summed E-state index contributed by atoms with van der Waals surface area (Å²) in [5.74, 6) is 0.963. The first-order chi connectivity index (χ1) is 9.73. The van der Waals surface area contributed by atoms with Crippen LogP contribution in [0.5, 0.6) is 0 Å². The van der Waals surface area contributed by atoms with E-state index < -0.39 is 0 Å². The smallest absolute Gasteiger partial charge is 0.166 e. The van der Waals surface area contributed by atoms with E-state index in [0.29, 0.717) is 0 Å². The Bertz CT molecular complexity index is 562. The number of rotatable bonds is 7. The first-order valence-electron chi connectivity index (χ1n) is 6.91. The van der Waals surface area contributed by atoms with Gasteiger partial charge in [-0.05, 0) is 38.4 Å². The standard InChI is InChI=1S/C15H20N4S/c1-3-15(11-16,17-2)9-6-10-20-14-18-12-7-4-5-8-13(12)19-14/h4-5,7-8,17H,3,6,9-10H2,1-2H3,(H,18,19). The molecule has 0 spiro atoms. The second-order valence-electron chi connectivity index (χ2n) is 4.81. The molecule has 2 N–H and O–H groups in total. The van der Waals surface area contributed by atoms with Gasteiger partial charge in [-0.1, -0.05) is 30.8 Å². The first-order valence-corrected chi connectivity index (χ1v) is 7.89. The Morgan fingerprint density at radius 1 is 1.45 bits per heavy atom. The van der Waals surface area contributed by atoms with Crippen LogP contribution >= 0.6 is 11.8 Å². The van der Waals surface area contributed by atoms with E-state index >= 15 is 0 Å². The van der Waals surface area contributed by atoms with Gasteiger partial charge in [-0.2, -0.15) is 5.26 Å². The van der Waals surface area contributed by atoms with Crippen molar-refractivity contribution in [3.63, 3.8) is 0 Å². The molecule has 0 radical (unpaired) electrons. The average Bonchev–Trinajstić information content (AvgIpc) is 2.91. The van der Waals surface area contributed by atoms with E-state index in [1.54, 1.807) is 11.8 Å². The van der Waals surface area contributed by atoms with Crippen LogP contribution in [-0.4, -0.2) is 28.3 Å². The van der Waals surface area contributed by atoms with Crippen molar-refractivity contribution in [2.24, 2.45) is 0 Å². The molecule has 0 aliphatic heterocycles. The Kier molecular flexibility index (Phi) is 5.05. The molecule has 1 unspecified atom stereocenters. The number of fused-ring (bicyclic) bond motifs is 1. The number of nitriles is 1. The fraction of sp³-hybridized carbons (Fsp3) is 0.467. The van der Waals surface area contributed by atoms with E-state index in [1.165, 1.54) is 0 Å². The van der Waals surface area contributed by atoms with Gasteiger partial charge in [-0.25, -0.2) is 4.98 Å². The summed E-state index contributed by atoms with van der Waals surface area (Å²) in [4.78, 5) is 7.84. The number of para-hydroxylation sites is 2. The van der Waals surface area contributed by atoms with Crippen LogP contribution in [0.1, 0.15) is 26.2 Å². The van der Waals surface area contributed by atoms with Crippen LogP contribution in [0.15, 0.2) is 29.4 Å². The van der Waals surface area contributed by atoms with Gasteiger partial charge in [0.2, 0.25) is 0 Å². The van der Waals surface area contributed by atoms with E-state index in [2.05, 4.69) is 21.4 Å². The summed E-state index contributed by atoms with van der Waals surface area (Å²) >= 11 is 1.71. The zero-order valence-corrected chi connectivity index (χ0v) is 12.8. The molecule has 0 fully saturated rings. The molecule has 0 amide bonds. The number of imidazole rings is 1. The Morgan fingerprint density at radius 3 is 2.90 bits per heavy atom. The fourth-order valence-corrected chi connectivity index (χ4v) is 3.04. The molecule has 1 heterocycles. The molecule has 0 bridgehead atoms. The van der Waals surface area contributed by atoms with Crippen molar-refractivity contribution >= 4 is 22.8 Å². The van der Waals surface area contributed by atoms with Crippen molar-refractivity contribution in [1.29, 1.82) is 5.26 Å². The highest BCUT2D eigenvalue weighted by molar-refractivity contribution is 7.99. The van der Waals surface area contributed by atoms with Crippen molar-refractivity contribution in [3.8, 4) is 6.07 Å². The summed E-state index contributed by atoms with van der Waals surface area (Å²) in [5, 5.41) is 13.3. The van der Waals surface area contributed by atoms with Gasteiger partial charge in [0.25, 0.3) is 0 Å². The number of thioether (sulfide) groups is 1. The number of nitrogens with zero attached hydrogens (tertiary/aromatic N) is 2. The molecule has 2 rings (SSSR count). The highest BCUT2D eigenvalue weighted by Crippen LogP contribution is 2.22. The molecule has 0 saturated carbocycles. The largest absolute Gasteiger partial charge is 0.333 e. The molecule has 4 nitrogen and oxygen atoms in total. The number of aromatic nitrogens is 2. The van der Waals surface area contributed by atoms with E-state index in [0.717, 1.165) is 41.2 Å². The molecule has 1 aromatic carbocycles. The molecule has 1 atom stereocenters. The second-order valence-corrected chi connectivity index (χ2v) is 5.89. The van der Waals surface area contributed by atoms with Gasteiger partial charge in [0.05, 0.1) is 17.1 Å². The lowest BCUT2D eigenvalue weighted by Crippen LogP contribution is -2.40. The first kappa shape index (κ1) is 14.9. The molecule has 5 heteroatoms. The summed E-state index contributed by atoms with van der Waals surface area (Å²) in [6.45, 7) is 2.05. The fourth-order valence-electron chi connectivity index (χ4n) is 2.21. The van der Waals surface area contributed by atoms with Gasteiger partial charge in [-0.3, -0.25) is 0 Å². The number of H-pyrrole nitrogens is 1. The summed E-state index contributed by atoms with van der Waals surface area (Å²) in [5.41, 5.74) is 1.70. The van der Waals surface area contributed by atoms with Crippen molar-refractivity contribution in [1.82, 2.24) is 15.3 Å². The van der Waals surface area contributed by atoms with E-state index in [9.17, 15) is 5.26 Å². The molecule has 0 saturated heterocycles. The van der Waals surface area contributed by atoms with Crippen molar-refractivity contribution in [2.45, 2.75) is 36.9 Å². The Balaban J connectivity index is 1.85. The van der Waals surface area contributed by atoms with Crippen LogP contribution in [-0.2, 0) is 0 Å². The zero-order chi connectivity index (χ0) is 14.4. The lowest BCUT2D eigenvalue weighted by atomic mass is 9.93. The average molecular weight is 288 g/mol. The third-order valence-corrected chi connectivity index (χ3v) is 4.61. The number of hydrogen-bond donors (Lipinski definition) is 2. The lowest BCUT2D eigenvalue weighted by molar-refractivity contribution is 0.400. The normalized spacial score (nSPS) is 14.1. The summed E-state index contributed by atoms with van der Waals surface area (Å²) < 4.78 is 0. The van der Waals surface area contributed by atoms with Gasteiger partial charge < -0.3 is 10.3 Å². The minimum absolute atomic E-state index is 0.381. The van der Waals surface area contributed by atoms with E-state index in [1.807, 2.05) is 38.2 Å². The summed E-state index contributed by atoms with van der Waals surface area (Å²) in [7, 11) is 1.86. The van der Waals surface area contributed by atoms with Crippen LogP contribution in [0.25, 0.3) is 11.0 Å². The molecule has 2 aromatic rings. The van der Waals surface area contributed by atoms with Crippen molar-refractivity contribution in [3.05, 3.63) is 24.3 Å². The highest BCUT2D eigenvalue weighted by atomic mass is 32.2. The maximum Gasteiger partial charge on any atom is 0.166 e. The maximum atomic E-state index is 9.25. The monoisotopic (exact) mass is 288 g/mol. The number of hydrogen-bond acceptors (Lipinski definition) is 4. The maximum absolute atomic E-state index is 9.25. The Hall–Kier alpha value is -1.51. The van der Waals surface area contributed by atoms with E-state index in [4.69, 9.17) is 0 Å². The van der Waals surface area contributed by atoms with Gasteiger partial charge in [0.15, 0.2) is 5.16 Å². The molecule has 20 heavy (non-hydrogen) atoms. The molecular formula is C15H20N4S. The molecule has 0 aliphatic rings. The van der Waals surface area contributed by atoms with Crippen LogP contribution in [0, 0.1) is 11.3 Å². The number of aromatic amines is 1. The van der Waals surface area contributed by atoms with Crippen LogP contribution in [0.2, 0.25) is 0 Å². The Labute approximate surface area is 124 Å². The topological polar surface area (TPSA) is 64.5 Å². The molecular weight excluding hydrogens is 268 g/mol. The lowest BCUT2D eigenvalue weighted by Gasteiger charge is -2.24. The predicted octanol–water partition coefficient (Wildman–Crippen LogP) is 3.33. The second kappa shape index (κ2) is 6.78. The third-order valence-electron chi connectivity index (χ3n) is 3.65. The van der Waals surface area contributed by atoms with Crippen molar-refractivity contribution < 1.29 is 0 Å². The SMILES string of the molecule is CCC(C#N)(CCCSc1nc2ccccc2[nH]1)NC. The molecule has 106 valence electrons. The quantitative estimate of drug-likeness (QED) is 0.606. The van der Waals surface area contributed by atoms with Gasteiger partial charge in [0, 0.05) is 5.75 Å². The summed E-state index contributed by atoms with van der Waals surface area (Å²) in [6.07, 6.45) is 2.68. The minimum atomic E-state index is -0.381. The highest BCUT2D eigenvalue weighted by Gasteiger charge is 2.24. The van der Waals surface area contributed by atoms with Gasteiger partial charge >= 0.3 is 0 Å². The van der Waals surface area contributed by atoms with Crippen LogP contribution in [0.3, 0.4) is 0 Å². The van der Waals surface area contributed by atoms with Gasteiger partial charge in [-0.15, -0.1) is 0 Å². The van der Waals surface area contributed by atoms with E-state index in [-0.39, 0.29) is 5.54 Å². The zero-order valence-electron chi connectivity index (χ0n) is 11.9. The van der Waals surface area contributed by atoms with Crippen molar-refractivity contribution in [2.75, 3.05) is 12.8 Å². The molecule has 1 aromatic heterocycles. The molecule has 0 aliphatic carbocycles. The van der Waals surface area contributed by atoms with Gasteiger partial charge in [0.1, 0.15) is 5.54 Å². The third kappa shape index (κ3) is 3.33. The number of benzene rings is 1.